The van der Waals surface area contributed by atoms with E-state index in [-0.39, 0.29) is 6.54 Å². The van der Waals surface area contributed by atoms with Crippen molar-refractivity contribution in [2.24, 2.45) is 0 Å². The second-order valence-electron chi connectivity index (χ2n) is 6.02. The molecule has 0 radical (unpaired) electrons. The molecule has 3 rings (SSSR count). The van der Waals surface area contributed by atoms with Crippen molar-refractivity contribution in [2.45, 2.75) is 26.3 Å². The Hall–Kier alpha value is -3.27. The lowest BCUT2D eigenvalue weighted by Gasteiger charge is -2.18. The number of hydrogen-bond acceptors (Lipinski definition) is 3. The van der Waals surface area contributed by atoms with Crippen LogP contribution in [0.25, 0.3) is 15.7 Å². The quantitative estimate of drug-likeness (QED) is 0.677. The van der Waals surface area contributed by atoms with Gasteiger partial charge in [-0.05, 0) is 25.5 Å². The van der Waals surface area contributed by atoms with E-state index in [4.69, 9.17) is 6.57 Å². The minimum Gasteiger partial charge on any atom is -0.544 e. The lowest BCUT2D eigenvalue weighted by molar-refractivity contribution is -0.331. The average Bonchev–Trinajstić information content (AvgIpc) is 2.92. The van der Waals surface area contributed by atoms with Crippen molar-refractivity contribution >= 4 is 22.6 Å². The summed E-state index contributed by atoms with van der Waals surface area (Å²) in [5, 5.41) is 15.8. The molecule has 0 N–H and O–H groups in total. The Balaban J connectivity index is 2.16. The van der Waals surface area contributed by atoms with Crippen molar-refractivity contribution in [2.75, 3.05) is 0 Å². The van der Waals surface area contributed by atoms with Gasteiger partial charge in [-0.3, -0.25) is 4.68 Å². The van der Waals surface area contributed by atoms with Crippen LogP contribution in [-0.4, -0.2) is 15.7 Å². The fourth-order valence-corrected chi connectivity index (χ4v) is 2.92. The molecule has 0 aliphatic rings. The highest BCUT2D eigenvalue weighted by molar-refractivity contribution is 5.85. The fraction of sp³-hybridized carbons (Fsp3) is 0.211. The van der Waals surface area contributed by atoms with Crippen LogP contribution in [0.4, 0.5) is 14.5 Å². The highest BCUT2D eigenvalue weighted by Gasteiger charge is 2.34. The number of hydrogen-bond donors (Lipinski definition) is 0. The average molecular weight is 354 g/mol. The summed E-state index contributed by atoms with van der Waals surface area (Å²) in [4.78, 5) is 14.2. The minimum atomic E-state index is -4.10. The van der Waals surface area contributed by atoms with E-state index in [1.165, 1.54) is 10.7 Å². The van der Waals surface area contributed by atoms with Crippen molar-refractivity contribution in [3.63, 3.8) is 0 Å². The van der Waals surface area contributed by atoms with Gasteiger partial charge in [0, 0.05) is 10.9 Å². The van der Waals surface area contributed by atoms with Gasteiger partial charge in [0.15, 0.2) is 5.69 Å². The molecule has 0 spiro atoms. The molecule has 7 heteroatoms. The second kappa shape index (κ2) is 6.23. The number of aryl methyl sites for hydroxylation is 2. The van der Waals surface area contributed by atoms with Crippen LogP contribution in [-0.2, 0) is 17.3 Å². The van der Waals surface area contributed by atoms with Crippen LogP contribution in [0, 0.1) is 20.4 Å². The van der Waals surface area contributed by atoms with E-state index in [2.05, 4.69) is 9.94 Å². The number of rotatable bonds is 4. The molecule has 0 fully saturated rings. The summed E-state index contributed by atoms with van der Waals surface area (Å²) in [6, 6.07) is 8.92. The Bertz CT molecular complexity index is 1060. The Morgan fingerprint density at radius 1 is 1.31 bits per heavy atom. The van der Waals surface area contributed by atoms with Gasteiger partial charge in [-0.15, -0.1) is 0 Å². The van der Waals surface area contributed by atoms with Crippen LogP contribution in [0.2, 0.25) is 0 Å². The molecule has 2 aromatic carbocycles. The summed E-state index contributed by atoms with van der Waals surface area (Å²) in [5.41, 5.74) is 2.42. The topological polar surface area (TPSA) is 62.3 Å². The number of alkyl halides is 2. The molecule has 0 aliphatic carbocycles. The maximum Gasteiger partial charge on any atom is 0.312 e. The van der Waals surface area contributed by atoms with Gasteiger partial charge in [0.2, 0.25) is 0 Å². The molecule has 5 nitrogen and oxygen atoms in total. The molecule has 1 heterocycles. The molecule has 3 aromatic rings. The van der Waals surface area contributed by atoms with E-state index in [0.29, 0.717) is 22.3 Å². The number of halogens is 2. The molecular formula is C19H14F2N3O2-. The van der Waals surface area contributed by atoms with Gasteiger partial charge in [0.1, 0.15) is 5.97 Å². The standard InChI is InChI=1S/C19H15F2N3O2/c1-11-5-4-6-16(22-3)15(11)10-24-17-9-13(19(20,21)18(25)26)7-8-14(17)12(2)23-24/h4-9H,10H2,1-2H3,(H,25,26)/p-1. The number of aliphatic carboxylic acids is 1. The van der Waals surface area contributed by atoms with Crippen LogP contribution in [0.3, 0.4) is 0 Å². The van der Waals surface area contributed by atoms with Gasteiger partial charge in [0.05, 0.1) is 24.3 Å². The first-order chi connectivity index (χ1) is 12.3. The number of fused-ring (bicyclic) bond motifs is 1. The lowest BCUT2D eigenvalue weighted by Crippen LogP contribution is -2.39. The summed E-state index contributed by atoms with van der Waals surface area (Å²) < 4.78 is 29.2. The van der Waals surface area contributed by atoms with Crippen LogP contribution >= 0.6 is 0 Å². The van der Waals surface area contributed by atoms with Gasteiger partial charge in [0.25, 0.3) is 0 Å². The first kappa shape index (κ1) is 17.5. The van der Waals surface area contributed by atoms with Crippen molar-refractivity contribution in [3.8, 4) is 0 Å². The van der Waals surface area contributed by atoms with E-state index in [1.807, 2.05) is 13.0 Å². The molecule has 1 aromatic heterocycles. The predicted octanol–water partition coefficient (Wildman–Crippen LogP) is 3.09. The van der Waals surface area contributed by atoms with Crippen LogP contribution < -0.4 is 5.11 Å². The molecule has 0 saturated heterocycles. The van der Waals surface area contributed by atoms with Gasteiger partial charge in [-0.1, -0.05) is 35.9 Å². The molecule has 0 unspecified atom stereocenters. The number of carboxylic acids is 1. The number of nitrogens with zero attached hydrogens (tertiary/aromatic N) is 3. The van der Waals surface area contributed by atoms with Crippen molar-refractivity contribution < 1.29 is 18.7 Å². The minimum absolute atomic E-state index is 0.217. The molecule has 0 atom stereocenters. The normalized spacial score (nSPS) is 11.5. The Labute approximate surface area is 148 Å². The van der Waals surface area contributed by atoms with Crippen molar-refractivity contribution in [3.05, 3.63) is 70.2 Å². The van der Waals surface area contributed by atoms with E-state index in [1.54, 1.807) is 19.1 Å². The molecule has 26 heavy (non-hydrogen) atoms. The van der Waals surface area contributed by atoms with Gasteiger partial charge in [-0.25, -0.2) is 4.85 Å². The fourth-order valence-electron chi connectivity index (χ4n) is 2.92. The molecule has 0 bridgehead atoms. The van der Waals surface area contributed by atoms with Crippen LogP contribution in [0.15, 0.2) is 36.4 Å². The third kappa shape index (κ3) is 2.80. The second-order valence-corrected chi connectivity index (χ2v) is 6.02. The van der Waals surface area contributed by atoms with Crippen LogP contribution in [0.5, 0.6) is 0 Å². The highest BCUT2D eigenvalue weighted by Crippen LogP contribution is 2.32. The zero-order valence-corrected chi connectivity index (χ0v) is 14.1. The van der Waals surface area contributed by atoms with Crippen LogP contribution in [0.1, 0.15) is 22.4 Å². The van der Waals surface area contributed by atoms with Crippen molar-refractivity contribution in [1.82, 2.24) is 9.78 Å². The maximum absolute atomic E-state index is 13.8. The van der Waals surface area contributed by atoms with Gasteiger partial charge >= 0.3 is 5.92 Å². The summed E-state index contributed by atoms with van der Waals surface area (Å²) in [5.74, 6) is -6.55. The van der Waals surface area contributed by atoms with Crippen molar-refractivity contribution in [1.29, 1.82) is 0 Å². The van der Waals surface area contributed by atoms with E-state index < -0.39 is 17.5 Å². The first-order valence-corrected chi connectivity index (χ1v) is 7.78. The number of carboxylic acid groups (broad SMARTS) is 1. The largest absolute Gasteiger partial charge is 0.544 e. The number of carbonyl (C=O) groups is 1. The lowest BCUT2D eigenvalue weighted by atomic mass is 10.0. The van der Waals surface area contributed by atoms with Gasteiger partial charge < -0.3 is 9.90 Å². The highest BCUT2D eigenvalue weighted by atomic mass is 19.3. The summed E-state index contributed by atoms with van der Waals surface area (Å²) >= 11 is 0. The zero-order chi connectivity index (χ0) is 19.1. The summed E-state index contributed by atoms with van der Waals surface area (Å²) in [7, 11) is 0. The third-order valence-corrected chi connectivity index (χ3v) is 4.37. The number of benzene rings is 2. The molecule has 132 valence electrons. The number of carbonyl (C=O) groups excluding carboxylic acids is 1. The number of aromatic nitrogens is 2. The summed E-state index contributed by atoms with van der Waals surface area (Å²) in [6.45, 7) is 11.1. The SMILES string of the molecule is [C-]#[N+]c1cccc(C)c1Cn1nc(C)c2ccc(C(F)(F)C(=O)[O-])cc21. The van der Waals surface area contributed by atoms with Gasteiger partial charge in [-0.2, -0.15) is 13.9 Å². The predicted molar refractivity (Wildman–Crippen MR) is 89.9 cm³/mol. The third-order valence-electron chi connectivity index (χ3n) is 4.37. The maximum atomic E-state index is 13.8. The smallest absolute Gasteiger partial charge is 0.312 e. The monoisotopic (exact) mass is 354 g/mol. The zero-order valence-electron chi connectivity index (χ0n) is 14.1. The molecule has 0 aliphatic heterocycles. The Kier molecular flexibility index (Phi) is 4.20. The first-order valence-electron chi connectivity index (χ1n) is 7.78. The molecule has 0 amide bonds. The van der Waals surface area contributed by atoms with E-state index in [9.17, 15) is 18.7 Å². The Morgan fingerprint density at radius 3 is 2.69 bits per heavy atom. The van der Waals surface area contributed by atoms with E-state index >= 15 is 0 Å². The Morgan fingerprint density at radius 2 is 2.04 bits per heavy atom. The molecular weight excluding hydrogens is 340 g/mol. The summed E-state index contributed by atoms with van der Waals surface area (Å²) in [6.07, 6.45) is 0. The van der Waals surface area contributed by atoms with E-state index in [0.717, 1.165) is 23.3 Å². The molecule has 0 saturated carbocycles.